The highest BCUT2D eigenvalue weighted by Gasteiger charge is 2.27. The van der Waals surface area contributed by atoms with Crippen molar-refractivity contribution in [3.63, 3.8) is 0 Å². The van der Waals surface area contributed by atoms with Crippen LogP contribution in [-0.4, -0.2) is 30.4 Å². The van der Waals surface area contributed by atoms with Crippen molar-refractivity contribution in [2.75, 3.05) is 19.6 Å². The number of amides is 1. The first-order chi connectivity index (χ1) is 9.61. The molecule has 0 spiro atoms. The molecule has 1 aliphatic rings. The Kier molecular flexibility index (Phi) is 7.35. The maximum atomic E-state index is 13.8. The van der Waals surface area contributed by atoms with Gasteiger partial charge in [0.1, 0.15) is 5.82 Å². The predicted octanol–water partition coefficient (Wildman–Crippen LogP) is 3.13. The van der Waals surface area contributed by atoms with Crippen LogP contribution in [0.4, 0.5) is 4.39 Å². The van der Waals surface area contributed by atoms with Gasteiger partial charge in [-0.3, -0.25) is 4.79 Å². The predicted molar refractivity (Wildman–Crippen MR) is 87.9 cm³/mol. The topological polar surface area (TPSA) is 32.3 Å². The minimum atomic E-state index is -0.292. The van der Waals surface area contributed by atoms with E-state index in [4.69, 9.17) is 0 Å². The molecule has 1 aliphatic heterocycles. The summed E-state index contributed by atoms with van der Waals surface area (Å²) >= 11 is 3.33. The number of halogens is 3. The van der Waals surface area contributed by atoms with Crippen LogP contribution < -0.4 is 5.32 Å². The lowest BCUT2D eigenvalue weighted by atomic mass is 10.1. The smallest absolute Gasteiger partial charge is 0.227 e. The Hall–Kier alpha value is -0.910. The minimum Gasteiger partial charge on any atom is -0.334 e. The van der Waals surface area contributed by atoms with Gasteiger partial charge in [-0.2, -0.15) is 0 Å². The molecule has 0 aromatic heterocycles. The van der Waals surface area contributed by atoms with E-state index >= 15 is 0 Å². The molecule has 0 bridgehead atoms. The molecule has 6 heteroatoms. The molecule has 1 aromatic rings. The molecule has 1 atom stereocenters. The third-order valence-corrected chi connectivity index (χ3v) is 3.93. The van der Waals surface area contributed by atoms with E-state index in [0.717, 1.165) is 17.4 Å². The summed E-state index contributed by atoms with van der Waals surface area (Å²) in [6, 6.07) is 4.78. The number of nitrogens with one attached hydrogen (secondary N) is 1. The Morgan fingerprint density at radius 2 is 2.33 bits per heavy atom. The van der Waals surface area contributed by atoms with Crippen LogP contribution in [0.2, 0.25) is 0 Å². The summed E-state index contributed by atoms with van der Waals surface area (Å²) in [5, 5.41) is 3.18. The molecule has 1 amide bonds. The van der Waals surface area contributed by atoms with Gasteiger partial charge in [0.05, 0.1) is 5.92 Å². The van der Waals surface area contributed by atoms with Crippen LogP contribution in [0.25, 0.3) is 0 Å². The maximum Gasteiger partial charge on any atom is 0.227 e. The van der Waals surface area contributed by atoms with Crippen molar-refractivity contribution in [3.05, 3.63) is 46.7 Å². The van der Waals surface area contributed by atoms with E-state index in [9.17, 15) is 9.18 Å². The summed E-state index contributed by atoms with van der Waals surface area (Å²) in [4.78, 5) is 14.1. The summed E-state index contributed by atoms with van der Waals surface area (Å²) in [6.07, 6.45) is 2.52. The first-order valence-corrected chi connectivity index (χ1v) is 7.45. The summed E-state index contributed by atoms with van der Waals surface area (Å²) in [6.45, 7) is 5.95. The van der Waals surface area contributed by atoms with E-state index in [-0.39, 0.29) is 36.6 Å². The van der Waals surface area contributed by atoms with E-state index in [1.165, 1.54) is 6.07 Å². The highest BCUT2D eigenvalue weighted by atomic mass is 79.9. The number of rotatable bonds is 5. The fraction of sp³-hybridized carbons (Fsp3) is 0.400. The average Bonchev–Trinajstić information content (AvgIpc) is 2.95. The average molecular weight is 378 g/mol. The molecule has 1 N–H and O–H groups in total. The van der Waals surface area contributed by atoms with Crippen molar-refractivity contribution >= 4 is 34.2 Å². The van der Waals surface area contributed by atoms with Gasteiger partial charge in [0, 0.05) is 29.7 Å². The molecular weight excluding hydrogens is 359 g/mol. The van der Waals surface area contributed by atoms with Crippen molar-refractivity contribution in [1.29, 1.82) is 0 Å². The quantitative estimate of drug-likeness (QED) is 0.800. The van der Waals surface area contributed by atoms with Crippen molar-refractivity contribution in [1.82, 2.24) is 10.2 Å². The van der Waals surface area contributed by atoms with Crippen LogP contribution in [0, 0.1) is 11.7 Å². The molecule has 21 heavy (non-hydrogen) atoms. The number of carbonyl (C=O) groups excluding carboxylic acids is 1. The summed E-state index contributed by atoms with van der Waals surface area (Å²) in [5.74, 6) is -0.237. The lowest BCUT2D eigenvalue weighted by molar-refractivity contribution is -0.135. The molecule has 3 nitrogen and oxygen atoms in total. The molecule has 2 rings (SSSR count). The van der Waals surface area contributed by atoms with Crippen LogP contribution in [0.15, 0.2) is 35.3 Å². The van der Waals surface area contributed by atoms with Crippen molar-refractivity contribution < 1.29 is 9.18 Å². The fourth-order valence-electron chi connectivity index (χ4n) is 2.38. The zero-order valence-electron chi connectivity index (χ0n) is 11.6. The van der Waals surface area contributed by atoms with Crippen LogP contribution in [0.5, 0.6) is 0 Å². The summed E-state index contributed by atoms with van der Waals surface area (Å²) < 4.78 is 14.6. The Balaban J connectivity index is 0.00000220. The molecule has 1 heterocycles. The van der Waals surface area contributed by atoms with Gasteiger partial charge in [0.25, 0.3) is 0 Å². The lowest BCUT2D eigenvalue weighted by Crippen LogP contribution is -2.37. The zero-order chi connectivity index (χ0) is 14.5. The Labute approximate surface area is 139 Å². The number of carbonyl (C=O) groups is 1. The van der Waals surface area contributed by atoms with E-state index in [1.54, 1.807) is 23.1 Å². The zero-order valence-corrected chi connectivity index (χ0v) is 14.1. The Morgan fingerprint density at radius 3 is 2.95 bits per heavy atom. The minimum absolute atomic E-state index is 0. The first kappa shape index (κ1) is 18.1. The van der Waals surface area contributed by atoms with E-state index in [0.29, 0.717) is 18.7 Å². The molecule has 0 radical (unpaired) electrons. The normalized spacial score (nSPS) is 17.1. The van der Waals surface area contributed by atoms with E-state index < -0.39 is 0 Å². The molecule has 1 saturated heterocycles. The van der Waals surface area contributed by atoms with Crippen LogP contribution in [0.3, 0.4) is 0 Å². The molecule has 1 unspecified atom stereocenters. The second-order valence-electron chi connectivity index (χ2n) is 4.93. The highest BCUT2D eigenvalue weighted by Crippen LogP contribution is 2.19. The highest BCUT2D eigenvalue weighted by molar-refractivity contribution is 9.10. The first-order valence-electron chi connectivity index (χ1n) is 6.66. The number of benzene rings is 1. The molecule has 0 saturated carbocycles. The van der Waals surface area contributed by atoms with Gasteiger partial charge < -0.3 is 10.2 Å². The lowest BCUT2D eigenvalue weighted by Gasteiger charge is -2.24. The van der Waals surface area contributed by atoms with E-state index in [1.807, 2.05) is 0 Å². The third-order valence-electron chi connectivity index (χ3n) is 3.44. The van der Waals surface area contributed by atoms with Gasteiger partial charge in [-0.05, 0) is 31.2 Å². The van der Waals surface area contributed by atoms with Crippen molar-refractivity contribution in [3.8, 4) is 0 Å². The second kappa shape index (κ2) is 8.51. The van der Waals surface area contributed by atoms with Gasteiger partial charge in [-0.15, -0.1) is 19.0 Å². The Morgan fingerprint density at radius 1 is 1.57 bits per heavy atom. The number of hydrogen-bond acceptors (Lipinski definition) is 2. The summed E-state index contributed by atoms with van der Waals surface area (Å²) in [5.41, 5.74) is 0.514. The van der Waals surface area contributed by atoms with Gasteiger partial charge in [0.2, 0.25) is 5.91 Å². The second-order valence-corrected chi connectivity index (χ2v) is 5.85. The van der Waals surface area contributed by atoms with Crippen LogP contribution in [-0.2, 0) is 11.3 Å². The molecule has 1 aromatic carbocycles. The molecule has 116 valence electrons. The molecule has 0 aliphatic carbocycles. The van der Waals surface area contributed by atoms with Crippen molar-refractivity contribution in [2.24, 2.45) is 5.92 Å². The van der Waals surface area contributed by atoms with Gasteiger partial charge >= 0.3 is 0 Å². The molecule has 1 fully saturated rings. The third kappa shape index (κ3) is 4.80. The molecular formula is C15H19BrClFN2O. The monoisotopic (exact) mass is 376 g/mol. The van der Waals surface area contributed by atoms with Crippen LogP contribution >= 0.6 is 28.3 Å². The fourth-order valence-corrected chi connectivity index (χ4v) is 2.79. The summed E-state index contributed by atoms with van der Waals surface area (Å²) in [7, 11) is 0. The maximum absolute atomic E-state index is 13.8. The SMILES string of the molecule is C=CCN(Cc1cc(Br)ccc1F)C(=O)C1CCNC1.Cl. The van der Waals surface area contributed by atoms with Gasteiger partial charge in [0.15, 0.2) is 0 Å². The Bertz CT molecular complexity index is 506. The van der Waals surface area contributed by atoms with Gasteiger partial charge in [-0.1, -0.05) is 22.0 Å². The largest absolute Gasteiger partial charge is 0.334 e. The number of hydrogen-bond donors (Lipinski definition) is 1. The van der Waals surface area contributed by atoms with E-state index in [2.05, 4.69) is 27.8 Å². The standard InChI is InChI=1S/C15H18BrFN2O.ClH/c1-2-7-19(15(20)11-5-6-18-9-11)10-12-8-13(16)3-4-14(12)17;/h2-4,8,11,18H,1,5-7,9-10H2;1H. The van der Waals surface area contributed by atoms with Gasteiger partial charge in [-0.25, -0.2) is 4.39 Å². The number of nitrogens with zero attached hydrogens (tertiary/aromatic N) is 1. The van der Waals surface area contributed by atoms with Crippen molar-refractivity contribution in [2.45, 2.75) is 13.0 Å². The van der Waals surface area contributed by atoms with Crippen LogP contribution in [0.1, 0.15) is 12.0 Å².